The molecule has 0 spiro atoms. The molecule has 0 saturated carbocycles. The lowest BCUT2D eigenvalue weighted by Crippen LogP contribution is -2.44. The molecule has 0 radical (unpaired) electrons. The third kappa shape index (κ3) is 2.93. The number of hydrogen-bond donors (Lipinski definition) is 2. The van der Waals surface area contributed by atoms with Crippen molar-refractivity contribution < 1.29 is 27.9 Å². The van der Waals surface area contributed by atoms with Gasteiger partial charge in [-0.05, 0) is 12.3 Å². The van der Waals surface area contributed by atoms with Gasteiger partial charge in [-0.3, -0.25) is 0 Å². The Morgan fingerprint density at radius 2 is 1.86 bits per heavy atom. The third-order valence-corrected chi connectivity index (χ3v) is 3.47. The van der Waals surface area contributed by atoms with Gasteiger partial charge in [-0.2, -0.15) is 0 Å². The van der Waals surface area contributed by atoms with Crippen LogP contribution in [0.4, 0.5) is 23.7 Å². The number of likely N-dealkylation sites (tertiary alicyclic amines) is 1. The maximum atomic E-state index is 13.5. The molecule has 2 N–H and O–H groups in total. The fourth-order valence-electron chi connectivity index (χ4n) is 2.36. The quantitative estimate of drug-likeness (QED) is 0.824. The van der Waals surface area contributed by atoms with E-state index < -0.39 is 41.2 Å². The molecule has 2 atom stereocenters. The molecule has 8 heteroatoms. The summed E-state index contributed by atoms with van der Waals surface area (Å²) in [6, 6.07) is -1.07. The number of benzene rings is 1. The minimum absolute atomic E-state index is 0.190. The van der Waals surface area contributed by atoms with E-state index in [0.29, 0.717) is 18.6 Å². The van der Waals surface area contributed by atoms with E-state index in [1.807, 2.05) is 0 Å². The van der Waals surface area contributed by atoms with Crippen LogP contribution in [-0.2, 0) is 4.79 Å². The van der Waals surface area contributed by atoms with E-state index in [9.17, 15) is 22.8 Å². The first-order valence-electron chi connectivity index (χ1n) is 6.26. The van der Waals surface area contributed by atoms with Crippen LogP contribution in [0.3, 0.4) is 0 Å². The summed E-state index contributed by atoms with van der Waals surface area (Å²) >= 11 is 0. The first-order valence-corrected chi connectivity index (χ1v) is 6.26. The highest BCUT2D eigenvalue weighted by molar-refractivity contribution is 5.93. The number of carboxylic acids is 1. The molecule has 1 aromatic rings. The van der Waals surface area contributed by atoms with Crippen molar-refractivity contribution >= 4 is 17.7 Å². The molecule has 0 aliphatic carbocycles. The molecule has 0 bridgehead atoms. The van der Waals surface area contributed by atoms with Crippen LogP contribution >= 0.6 is 0 Å². The SMILES string of the molecule is CC1CCN(C(=O)Nc2cc(F)c(F)cc2F)C1C(=O)O. The number of rotatable bonds is 2. The topological polar surface area (TPSA) is 69.6 Å². The van der Waals surface area contributed by atoms with E-state index in [1.54, 1.807) is 6.92 Å². The van der Waals surface area contributed by atoms with Crippen LogP contribution in [0.5, 0.6) is 0 Å². The highest BCUT2D eigenvalue weighted by atomic mass is 19.2. The maximum Gasteiger partial charge on any atom is 0.326 e. The van der Waals surface area contributed by atoms with E-state index in [1.165, 1.54) is 0 Å². The predicted octanol–water partition coefficient (Wildman–Crippen LogP) is 2.43. The van der Waals surface area contributed by atoms with Gasteiger partial charge in [0.25, 0.3) is 0 Å². The summed E-state index contributed by atoms with van der Waals surface area (Å²) in [5.74, 6) is -5.23. The number of nitrogens with zero attached hydrogens (tertiary/aromatic N) is 1. The molecular formula is C13H13F3N2O3. The number of amides is 2. The average Bonchev–Trinajstić information content (AvgIpc) is 2.78. The van der Waals surface area contributed by atoms with Gasteiger partial charge < -0.3 is 15.3 Å². The van der Waals surface area contributed by atoms with E-state index >= 15 is 0 Å². The van der Waals surface area contributed by atoms with E-state index in [4.69, 9.17) is 5.11 Å². The van der Waals surface area contributed by atoms with Crippen LogP contribution in [0.15, 0.2) is 12.1 Å². The van der Waals surface area contributed by atoms with Crippen LogP contribution < -0.4 is 5.32 Å². The zero-order chi connectivity index (χ0) is 15.7. The van der Waals surface area contributed by atoms with Gasteiger partial charge in [0.15, 0.2) is 11.6 Å². The highest BCUT2D eigenvalue weighted by Gasteiger charge is 2.39. The molecule has 2 rings (SSSR count). The Kier molecular flexibility index (Phi) is 4.06. The molecular weight excluding hydrogens is 289 g/mol. The molecule has 1 aliphatic heterocycles. The summed E-state index contributed by atoms with van der Waals surface area (Å²) < 4.78 is 39.3. The number of carbonyl (C=O) groups excluding carboxylic acids is 1. The lowest BCUT2D eigenvalue weighted by Gasteiger charge is -2.23. The Balaban J connectivity index is 2.18. The number of hydrogen-bond acceptors (Lipinski definition) is 2. The van der Waals surface area contributed by atoms with Gasteiger partial charge in [0.1, 0.15) is 11.9 Å². The molecule has 0 aromatic heterocycles. The van der Waals surface area contributed by atoms with E-state index in [-0.39, 0.29) is 12.5 Å². The Hall–Kier alpha value is -2.25. The predicted molar refractivity (Wildman–Crippen MR) is 67.2 cm³/mol. The fourth-order valence-corrected chi connectivity index (χ4v) is 2.36. The molecule has 1 saturated heterocycles. The lowest BCUT2D eigenvalue weighted by molar-refractivity contribution is -0.142. The Labute approximate surface area is 118 Å². The Morgan fingerprint density at radius 3 is 2.48 bits per heavy atom. The lowest BCUT2D eigenvalue weighted by atomic mass is 10.0. The minimum atomic E-state index is -1.37. The number of carboxylic acid groups (broad SMARTS) is 1. The number of halogens is 3. The second kappa shape index (κ2) is 5.63. The molecule has 2 amide bonds. The van der Waals surface area contributed by atoms with Crippen molar-refractivity contribution in [2.45, 2.75) is 19.4 Å². The Bertz CT molecular complexity index is 594. The first-order chi connectivity index (χ1) is 9.81. The number of nitrogens with one attached hydrogen (secondary N) is 1. The summed E-state index contributed by atoms with van der Waals surface area (Å²) in [5, 5.41) is 11.2. The fraction of sp³-hybridized carbons (Fsp3) is 0.385. The van der Waals surface area contributed by atoms with E-state index in [2.05, 4.69) is 5.32 Å². The summed E-state index contributed by atoms with van der Waals surface area (Å²) in [6.07, 6.45) is 0.491. The van der Waals surface area contributed by atoms with Gasteiger partial charge in [-0.1, -0.05) is 6.92 Å². The standard InChI is InChI=1S/C13H13F3N2O3/c1-6-2-3-18(11(6)12(19)20)13(21)17-10-5-8(15)7(14)4-9(10)16/h4-6,11H,2-3H2,1H3,(H,17,21)(H,19,20). The molecule has 2 unspecified atom stereocenters. The van der Waals surface area contributed by atoms with Gasteiger partial charge in [0, 0.05) is 18.7 Å². The van der Waals surface area contributed by atoms with Crippen molar-refractivity contribution in [3.05, 3.63) is 29.6 Å². The summed E-state index contributed by atoms with van der Waals surface area (Å²) in [5.41, 5.74) is -0.539. The number of carbonyl (C=O) groups is 2. The van der Waals surface area contributed by atoms with Gasteiger partial charge in [-0.15, -0.1) is 0 Å². The van der Waals surface area contributed by atoms with Gasteiger partial charge in [-0.25, -0.2) is 22.8 Å². The van der Waals surface area contributed by atoms with Crippen molar-refractivity contribution in [3.63, 3.8) is 0 Å². The zero-order valence-electron chi connectivity index (χ0n) is 11.1. The molecule has 114 valence electrons. The minimum Gasteiger partial charge on any atom is -0.480 e. The van der Waals surface area contributed by atoms with Gasteiger partial charge in [0.05, 0.1) is 5.69 Å². The molecule has 1 heterocycles. The van der Waals surface area contributed by atoms with Crippen LogP contribution in [0, 0.1) is 23.4 Å². The van der Waals surface area contributed by atoms with Crippen molar-refractivity contribution in [3.8, 4) is 0 Å². The van der Waals surface area contributed by atoms with Crippen LogP contribution in [0.1, 0.15) is 13.3 Å². The first kappa shape index (κ1) is 15.1. The number of aliphatic carboxylic acids is 1. The average molecular weight is 302 g/mol. The highest BCUT2D eigenvalue weighted by Crippen LogP contribution is 2.26. The monoisotopic (exact) mass is 302 g/mol. The van der Waals surface area contributed by atoms with Crippen molar-refractivity contribution in [1.29, 1.82) is 0 Å². The molecule has 21 heavy (non-hydrogen) atoms. The summed E-state index contributed by atoms with van der Waals surface area (Å²) in [7, 11) is 0. The normalized spacial score (nSPS) is 21.4. The van der Waals surface area contributed by atoms with Gasteiger partial charge in [0.2, 0.25) is 0 Å². The molecule has 1 fully saturated rings. The summed E-state index contributed by atoms with van der Waals surface area (Å²) in [6.45, 7) is 1.87. The van der Waals surface area contributed by atoms with Crippen LogP contribution in [0.2, 0.25) is 0 Å². The molecule has 5 nitrogen and oxygen atoms in total. The third-order valence-electron chi connectivity index (χ3n) is 3.47. The second-order valence-electron chi connectivity index (χ2n) is 4.92. The van der Waals surface area contributed by atoms with Crippen LogP contribution in [0.25, 0.3) is 0 Å². The molecule has 1 aromatic carbocycles. The van der Waals surface area contributed by atoms with Gasteiger partial charge >= 0.3 is 12.0 Å². The van der Waals surface area contributed by atoms with Crippen molar-refractivity contribution in [2.75, 3.05) is 11.9 Å². The summed E-state index contributed by atoms with van der Waals surface area (Å²) in [4.78, 5) is 24.2. The van der Waals surface area contributed by atoms with Crippen LogP contribution in [-0.4, -0.2) is 34.6 Å². The largest absolute Gasteiger partial charge is 0.480 e. The number of urea groups is 1. The second-order valence-corrected chi connectivity index (χ2v) is 4.92. The van der Waals surface area contributed by atoms with Crippen molar-refractivity contribution in [1.82, 2.24) is 4.90 Å². The smallest absolute Gasteiger partial charge is 0.326 e. The molecule has 1 aliphatic rings. The Morgan fingerprint density at radius 1 is 1.24 bits per heavy atom. The number of anilines is 1. The maximum absolute atomic E-state index is 13.5. The van der Waals surface area contributed by atoms with Crippen molar-refractivity contribution in [2.24, 2.45) is 5.92 Å². The zero-order valence-corrected chi connectivity index (χ0v) is 11.1. The van der Waals surface area contributed by atoms with E-state index in [0.717, 1.165) is 4.90 Å².